The van der Waals surface area contributed by atoms with Gasteiger partial charge in [0.25, 0.3) is 0 Å². The number of hydrogen-bond donors (Lipinski definition) is 0. The van der Waals surface area contributed by atoms with Crippen LogP contribution in [-0.4, -0.2) is 0 Å². The number of nitrogens with zero attached hydrogens (tertiary/aromatic N) is 1. The Hall–Kier alpha value is -1.03. The van der Waals surface area contributed by atoms with Crippen LogP contribution in [0.5, 0.6) is 0 Å². The Bertz CT molecular complexity index is 207. The van der Waals surface area contributed by atoms with Crippen LogP contribution in [0.1, 0.15) is 19.8 Å². The number of nitriles is 1. The van der Waals surface area contributed by atoms with Crippen molar-refractivity contribution < 1.29 is 0 Å². The second-order valence-corrected chi connectivity index (χ2v) is 2.86. The highest BCUT2D eigenvalue weighted by molar-refractivity contribution is 5.14. The first-order valence-corrected chi connectivity index (χ1v) is 4.11. The fourth-order valence-electron chi connectivity index (χ4n) is 0.997. The molecular formula is C10H13N. The molecule has 0 bridgehead atoms. The molecule has 0 heterocycles. The van der Waals surface area contributed by atoms with Crippen LogP contribution >= 0.6 is 0 Å². The van der Waals surface area contributed by atoms with Crippen molar-refractivity contribution in [3.8, 4) is 6.07 Å². The average Bonchev–Trinajstić information content (AvgIpc) is 2.77. The SMILES string of the molecule is CC/C=C/C=C/C1CC1C#N. The fraction of sp³-hybridized carbons (Fsp3) is 0.500. The maximum absolute atomic E-state index is 8.48. The van der Waals surface area contributed by atoms with E-state index in [2.05, 4.69) is 25.1 Å². The van der Waals surface area contributed by atoms with E-state index in [0.29, 0.717) is 11.8 Å². The molecule has 1 saturated carbocycles. The van der Waals surface area contributed by atoms with E-state index in [-0.39, 0.29) is 0 Å². The first kappa shape index (κ1) is 8.07. The van der Waals surface area contributed by atoms with Crippen LogP contribution in [0, 0.1) is 23.2 Å². The lowest BCUT2D eigenvalue weighted by molar-refractivity contribution is 1.01. The standard InChI is InChI=1S/C10H13N/c1-2-3-4-5-6-9-7-10(9)8-11/h3-6,9-10H,2,7H2,1H3/b4-3+,6-5+. The molecule has 0 amide bonds. The third-order valence-electron chi connectivity index (χ3n) is 1.85. The molecule has 11 heavy (non-hydrogen) atoms. The Labute approximate surface area is 68.0 Å². The quantitative estimate of drug-likeness (QED) is 0.563. The smallest absolute Gasteiger partial charge is 0.0662 e. The minimum Gasteiger partial charge on any atom is -0.198 e. The van der Waals surface area contributed by atoms with Crippen molar-refractivity contribution in [2.24, 2.45) is 11.8 Å². The molecule has 2 atom stereocenters. The molecule has 0 spiro atoms. The predicted molar refractivity (Wildman–Crippen MR) is 45.8 cm³/mol. The van der Waals surface area contributed by atoms with Crippen molar-refractivity contribution in [2.75, 3.05) is 0 Å². The van der Waals surface area contributed by atoms with Gasteiger partial charge in [-0.2, -0.15) is 5.26 Å². The molecule has 1 nitrogen and oxygen atoms in total. The molecule has 0 N–H and O–H groups in total. The molecule has 1 aliphatic rings. The second-order valence-electron chi connectivity index (χ2n) is 2.86. The van der Waals surface area contributed by atoms with Gasteiger partial charge in [-0.05, 0) is 18.8 Å². The van der Waals surface area contributed by atoms with E-state index in [1.807, 2.05) is 12.2 Å². The van der Waals surface area contributed by atoms with Crippen LogP contribution in [-0.2, 0) is 0 Å². The summed E-state index contributed by atoms with van der Waals surface area (Å²) in [5, 5.41) is 8.48. The second kappa shape index (κ2) is 3.98. The Morgan fingerprint density at radius 3 is 2.91 bits per heavy atom. The fourth-order valence-corrected chi connectivity index (χ4v) is 0.997. The lowest BCUT2D eigenvalue weighted by Crippen LogP contribution is -1.69. The summed E-state index contributed by atoms with van der Waals surface area (Å²) >= 11 is 0. The first-order chi connectivity index (χ1) is 5.38. The molecule has 1 rings (SSSR count). The van der Waals surface area contributed by atoms with E-state index in [9.17, 15) is 0 Å². The summed E-state index contributed by atoms with van der Waals surface area (Å²) in [7, 11) is 0. The molecule has 1 heteroatoms. The van der Waals surface area contributed by atoms with Crippen LogP contribution in [0.2, 0.25) is 0 Å². The molecule has 0 radical (unpaired) electrons. The van der Waals surface area contributed by atoms with Gasteiger partial charge in [-0.3, -0.25) is 0 Å². The van der Waals surface area contributed by atoms with Gasteiger partial charge >= 0.3 is 0 Å². The summed E-state index contributed by atoms with van der Waals surface area (Å²) in [6, 6.07) is 2.25. The van der Waals surface area contributed by atoms with Gasteiger partial charge in [0.1, 0.15) is 0 Å². The van der Waals surface area contributed by atoms with Crippen LogP contribution in [0.3, 0.4) is 0 Å². The molecule has 0 aromatic rings. The lowest BCUT2D eigenvalue weighted by Gasteiger charge is -1.78. The summed E-state index contributed by atoms with van der Waals surface area (Å²) in [4.78, 5) is 0. The highest BCUT2D eigenvalue weighted by Gasteiger charge is 2.34. The molecule has 1 fully saturated rings. The van der Waals surface area contributed by atoms with Gasteiger partial charge in [0.15, 0.2) is 0 Å². The largest absolute Gasteiger partial charge is 0.198 e. The maximum atomic E-state index is 8.48. The number of rotatable bonds is 3. The van der Waals surface area contributed by atoms with Crippen molar-refractivity contribution in [1.29, 1.82) is 5.26 Å². The van der Waals surface area contributed by atoms with Gasteiger partial charge < -0.3 is 0 Å². The van der Waals surface area contributed by atoms with Crippen LogP contribution < -0.4 is 0 Å². The first-order valence-electron chi connectivity index (χ1n) is 4.11. The van der Waals surface area contributed by atoms with Crippen molar-refractivity contribution in [3.63, 3.8) is 0 Å². The third kappa shape index (κ3) is 2.59. The molecular weight excluding hydrogens is 134 g/mol. The third-order valence-corrected chi connectivity index (χ3v) is 1.85. The maximum Gasteiger partial charge on any atom is 0.0662 e. The zero-order valence-corrected chi connectivity index (χ0v) is 6.83. The topological polar surface area (TPSA) is 23.8 Å². The molecule has 0 aromatic heterocycles. The Morgan fingerprint density at radius 1 is 1.55 bits per heavy atom. The molecule has 0 saturated heterocycles. The minimum absolute atomic E-state index is 0.307. The van der Waals surface area contributed by atoms with Gasteiger partial charge in [-0.15, -0.1) is 0 Å². The average molecular weight is 147 g/mol. The highest BCUT2D eigenvalue weighted by Crippen LogP contribution is 2.38. The summed E-state index contributed by atoms with van der Waals surface area (Å²) in [6.07, 6.45) is 10.5. The van der Waals surface area contributed by atoms with E-state index in [4.69, 9.17) is 5.26 Å². The molecule has 2 unspecified atom stereocenters. The van der Waals surface area contributed by atoms with E-state index in [1.165, 1.54) is 0 Å². The van der Waals surface area contributed by atoms with E-state index in [1.54, 1.807) is 0 Å². The monoisotopic (exact) mass is 147 g/mol. The summed E-state index contributed by atoms with van der Waals surface area (Å²) in [5.74, 6) is 0.850. The molecule has 0 aliphatic heterocycles. The summed E-state index contributed by atoms with van der Waals surface area (Å²) < 4.78 is 0. The normalized spacial score (nSPS) is 29.5. The molecule has 1 aliphatic carbocycles. The summed E-state index contributed by atoms with van der Waals surface area (Å²) in [6.45, 7) is 2.11. The van der Waals surface area contributed by atoms with Crippen molar-refractivity contribution in [1.82, 2.24) is 0 Å². The molecule has 58 valence electrons. The van der Waals surface area contributed by atoms with Gasteiger partial charge in [-0.1, -0.05) is 31.2 Å². The molecule has 0 aromatic carbocycles. The summed E-state index contributed by atoms with van der Waals surface area (Å²) in [5.41, 5.74) is 0. The Balaban J connectivity index is 2.18. The van der Waals surface area contributed by atoms with E-state index < -0.39 is 0 Å². The van der Waals surface area contributed by atoms with Crippen LogP contribution in [0.15, 0.2) is 24.3 Å². The number of hydrogen-bond acceptors (Lipinski definition) is 1. The lowest BCUT2D eigenvalue weighted by atomic mass is 10.3. The van der Waals surface area contributed by atoms with Crippen molar-refractivity contribution in [2.45, 2.75) is 19.8 Å². The zero-order chi connectivity index (χ0) is 8.10. The zero-order valence-electron chi connectivity index (χ0n) is 6.83. The predicted octanol–water partition coefficient (Wildman–Crippen LogP) is 2.67. The highest BCUT2D eigenvalue weighted by atomic mass is 14.4. The van der Waals surface area contributed by atoms with Crippen LogP contribution in [0.25, 0.3) is 0 Å². The van der Waals surface area contributed by atoms with Gasteiger partial charge in [0, 0.05) is 0 Å². The van der Waals surface area contributed by atoms with Gasteiger partial charge in [-0.25, -0.2) is 0 Å². The van der Waals surface area contributed by atoms with Gasteiger partial charge in [0.05, 0.1) is 12.0 Å². The van der Waals surface area contributed by atoms with Crippen LogP contribution in [0.4, 0.5) is 0 Å². The Morgan fingerprint density at radius 2 is 2.36 bits per heavy atom. The van der Waals surface area contributed by atoms with Crippen molar-refractivity contribution in [3.05, 3.63) is 24.3 Å². The number of allylic oxidation sites excluding steroid dienone is 4. The van der Waals surface area contributed by atoms with E-state index >= 15 is 0 Å². The van der Waals surface area contributed by atoms with E-state index in [0.717, 1.165) is 12.8 Å². The Kier molecular flexibility index (Phi) is 2.92. The minimum atomic E-state index is 0.307. The van der Waals surface area contributed by atoms with Gasteiger partial charge in [0.2, 0.25) is 0 Å². The van der Waals surface area contributed by atoms with Crippen molar-refractivity contribution >= 4 is 0 Å².